The molecule has 0 aliphatic carbocycles. The largest absolute Gasteiger partial charge is 0.378 e. The van der Waals surface area contributed by atoms with E-state index in [9.17, 15) is 4.79 Å². The monoisotopic (exact) mass is 235 g/mol. The molecular formula is C12H17N3O2. The second-order valence-electron chi connectivity index (χ2n) is 4.04. The highest BCUT2D eigenvalue weighted by Crippen LogP contribution is 2.15. The summed E-state index contributed by atoms with van der Waals surface area (Å²) < 4.78 is 5.30. The first kappa shape index (κ1) is 12.0. The molecule has 5 nitrogen and oxygen atoms in total. The minimum atomic E-state index is -0.0170. The number of anilines is 1. The third kappa shape index (κ3) is 2.79. The Labute approximate surface area is 101 Å². The number of ketones is 1. The lowest BCUT2D eigenvalue weighted by Crippen LogP contribution is -2.37. The van der Waals surface area contributed by atoms with Crippen LogP contribution in [0.4, 0.5) is 5.82 Å². The first-order valence-electron chi connectivity index (χ1n) is 5.92. The third-order valence-electron chi connectivity index (χ3n) is 2.77. The first-order valence-corrected chi connectivity index (χ1v) is 5.92. The molecule has 92 valence electrons. The molecule has 0 bridgehead atoms. The van der Waals surface area contributed by atoms with E-state index in [0.29, 0.717) is 18.9 Å². The van der Waals surface area contributed by atoms with E-state index in [4.69, 9.17) is 4.74 Å². The number of aromatic nitrogens is 2. The fourth-order valence-corrected chi connectivity index (χ4v) is 1.78. The summed E-state index contributed by atoms with van der Waals surface area (Å²) in [5.41, 5.74) is 0.498. The molecule has 0 unspecified atom stereocenters. The van der Waals surface area contributed by atoms with E-state index in [0.717, 1.165) is 31.2 Å². The normalized spacial score (nSPS) is 16.0. The summed E-state index contributed by atoms with van der Waals surface area (Å²) in [6, 6.07) is 1.77. The predicted octanol–water partition coefficient (Wildman–Crippen LogP) is 1.08. The Hall–Kier alpha value is -1.49. The van der Waals surface area contributed by atoms with Gasteiger partial charge in [-0.15, -0.1) is 0 Å². The number of aryl methyl sites for hydroxylation is 1. The van der Waals surface area contributed by atoms with Crippen LogP contribution in [0.3, 0.4) is 0 Å². The lowest BCUT2D eigenvalue weighted by Gasteiger charge is -2.28. The van der Waals surface area contributed by atoms with Crippen LogP contribution in [-0.2, 0) is 11.2 Å². The van der Waals surface area contributed by atoms with Gasteiger partial charge < -0.3 is 9.64 Å². The van der Waals surface area contributed by atoms with Crippen LogP contribution >= 0.6 is 0 Å². The van der Waals surface area contributed by atoms with Crippen molar-refractivity contribution in [3.05, 3.63) is 17.6 Å². The quantitative estimate of drug-likeness (QED) is 0.734. The Morgan fingerprint density at radius 2 is 2.12 bits per heavy atom. The Balaban J connectivity index is 2.31. The van der Waals surface area contributed by atoms with E-state index < -0.39 is 0 Å². The van der Waals surface area contributed by atoms with Gasteiger partial charge in [-0.2, -0.15) is 0 Å². The van der Waals surface area contributed by atoms with Crippen LogP contribution < -0.4 is 4.90 Å². The van der Waals surface area contributed by atoms with Crippen molar-refractivity contribution in [3.63, 3.8) is 0 Å². The molecule has 1 aromatic heterocycles. The summed E-state index contributed by atoms with van der Waals surface area (Å²) in [5.74, 6) is 1.54. The summed E-state index contributed by atoms with van der Waals surface area (Å²) in [5, 5.41) is 0. The average Bonchev–Trinajstić information content (AvgIpc) is 2.39. The van der Waals surface area contributed by atoms with Crippen LogP contribution in [0.1, 0.15) is 30.2 Å². The number of rotatable bonds is 3. The molecule has 1 aliphatic heterocycles. The minimum Gasteiger partial charge on any atom is -0.378 e. The van der Waals surface area contributed by atoms with Gasteiger partial charge in [-0.1, -0.05) is 6.92 Å². The van der Waals surface area contributed by atoms with Gasteiger partial charge in [0, 0.05) is 32.5 Å². The summed E-state index contributed by atoms with van der Waals surface area (Å²) in [7, 11) is 0. The van der Waals surface area contributed by atoms with Crippen molar-refractivity contribution in [1.29, 1.82) is 0 Å². The first-order chi connectivity index (χ1) is 8.20. The van der Waals surface area contributed by atoms with Crippen LogP contribution in [0, 0.1) is 0 Å². The number of ether oxygens (including phenoxy) is 1. The fourth-order valence-electron chi connectivity index (χ4n) is 1.78. The van der Waals surface area contributed by atoms with Crippen molar-refractivity contribution in [1.82, 2.24) is 9.97 Å². The van der Waals surface area contributed by atoms with Crippen molar-refractivity contribution in [2.75, 3.05) is 31.2 Å². The standard InChI is InChI=1S/C12H17N3O2/c1-3-11-13-10(9(2)16)8-12(14-11)15-4-6-17-7-5-15/h8H,3-7H2,1-2H3. The molecule has 1 fully saturated rings. The number of carbonyl (C=O) groups excluding carboxylic acids is 1. The van der Waals surface area contributed by atoms with Crippen LogP contribution in [0.5, 0.6) is 0 Å². The number of Topliss-reactive ketones (excluding diaryl/α,β-unsaturated/α-hetero) is 1. The topological polar surface area (TPSA) is 55.3 Å². The highest BCUT2D eigenvalue weighted by Gasteiger charge is 2.15. The van der Waals surface area contributed by atoms with Gasteiger partial charge in [0.2, 0.25) is 0 Å². The van der Waals surface area contributed by atoms with E-state index >= 15 is 0 Å². The van der Waals surface area contributed by atoms with Crippen molar-refractivity contribution >= 4 is 11.6 Å². The van der Waals surface area contributed by atoms with Gasteiger partial charge in [0.25, 0.3) is 0 Å². The molecule has 0 saturated carbocycles. The van der Waals surface area contributed by atoms with Gasteiger partial charge in [-0.05, 0) is 0 Å². The van der Waals surface area contributed by atoms with Crippen molar-refractivity contribution in [3.8, 4) is 0 Å². The van der Waals surface area contributed by atoms with Crippen LogP contribution in [0.25, 0.3) is 0 Å². The molecular weight excluding hydrogens is 218 g/mol. The number of carbonyl (C=O) groups is 1. The molecule has 1 aromatic rings. The second kappa shape index (κ2) is 5.23. The van der Waals surface area contributed by atoms with E-state index in [2.05, 4.69) is 14.9 Å². The summed E-state index contributed by atoms with van der Waals surface area (Å²) in [6.45, 7) is 6.57. The minimum absolute atomic E-state index is 0.0170. The zero-order valence-electron chi connectivity index (χ0n) is 10.3. The summed E-state index contributed by atoms with van der Waals surface area (Å²) in [6.07, 6.45) is 0.735. The van der Waals surface area contributed by atoms with Crippen molar-refractivity contribution in [2.24, 2.45) is 0 Å². The molecule has 17 heavy (non-hydrogen) atoms. The molecule has 2 rings (SSSR count). The zero-order valence-corrected chi connectivity index (χ0v) is 10.3. The average molecular weight is 235 g/mol. The molecule has 1 saturated heterocycles. The molecule has 0 amide bonds. The highest BCUT2D eigenvalue weighted by molar-refractivity contribution is 5.92. The van der Waals surface area contributed by atoms with Gasteiger partial charge in [0.15, 0.2) is 5.78 Å². The maximum atomic E-state index is 11.4. The zero-order chi connectivity index (χ0) is 12.3. The van der Waals surface area contributed by atoms with Gasteiger partial charge in [-0.25, -0.2) is 9.97 Å². The number of hydrogen-bond donors (Lipinski definition) is 0. The van der Waals surface area contributed by atoms with Gasteiger partial charge in [0.1, 0.15) is 17.3 Å². The molecule has 5 heteroatoms. The predicted molar refractivity (Wildman–Crippen MR) is 64.4 cm³/mol. The molecule has 0 atom stereocenters. The lowest BCUT2D eigenvalue weighted by molar-refractivity contribution is 0.101. The number of nitrogens with zero attached hydrogens (tertiary/aromatic N) is 3. The molecule has 1 aliphatic rings. The lowest BCUT2D eigenvalue weighted by atomic mass is 10.2. The van der Waals surface area contributed by atoms with Crippen molar-refractivity contribution < 1.29 is 9.53 Å². The number of hydrogen-bond acceptors (Lipinski definition) is 5. The van der Waals surface area contributed by atoms with E-state index in [1.165, 1.54) is 6.92 Å². The summed E-state index contributed by atoms with van der Waals surface area (Å²) >= 11 is 0. The van der Waals surface area contributed by atoms with Gasteiger partial charge >= 0.3 is 0 Å². The molecule has 2 heterocycles. The Morgan fingerprint density at radius 1 is 1.41 bits per heavy atom. The van der Waals surface area contributed by atoms with E-state index in [1.54, 1.807) is 6.07 Å². The fraction of sp³-hybridized carbons (Fsp3) is 0.583. The Kier molecular flexibility index (Phi) is 3.68. The number of morpholine rings is 1. The SMILES string of the molecule is CCc1nc(C(C)=O)cc(N2CCOCC2)n1. The van der Waals surface area contributed by atoms with Crippen LogP contribution in [-0.4, -0.2) is 42.1 Å². The second-order valence-corrected chi connectivity index (χ2v) is 4.04. The van der Waals surface area contributed by atoms with Gasteiger partial charge in [-0.3, -0.25) is 4.79 Å². The maximum Gasteiger partial charge on any atom is 0.178 e. The highest BCUT2D eigenvalue weighted by atomic mass is 16.5. The molecule has 0 aromatic carbocycles. The Morgan fingerprint density at radius 3 is 2.71 bits per heavy atom. The van der Waals surface area contributed by atoms with E-state index in [-0.39, 0.29) is 5.78 Å². The van der Waals surface area contributed by atoms with Crippen molar-refractivity contribution in [2.45, 2.75) is 20.3 Å². The Bertz CT molecular complexity index is 414. The smallest absolute Gasteiger partial charge is 0.178 e. The third-order valence-corrected chi connectivity index (χ3v) is 2.77. The molecule has 0 radical (unpaired) electrons. The maximum absolute atomic E-state index is 11.4. The molecule has 0 N–H and O–H groups in total. The molecule has 0 spiro atoms. The van der Waals surface area contributed by atoms with E-state index in [1.807, 2.05) is 6.92 Å². The van der Waals surface area contributed by atoms with Crippen LogP contribution in [0.2, 0.25) is 0 Å². The van der Waals surface area contributed by atoms with Gasteiger partial charge in [0.05, 0.1) is 13.2 Å². The summed E-state index contributed by atoms with van der Waals surface area (Å²) in [4.78, 5) is 22.2. The van der Waals surface area contributed by atoms with Crippen LogP contribution in [0.15, 0.2) is 6.07 Å².